The molecule has 1 rings (SSSR count). The Balaban J connectivity index is 3.06. The van der Waals surface area contributed by atoms with Gasteiger partial charge in [-0.25, -0.2) is 0 Å². The molecular formula is C10H10Br2O2. The monoisotopic (exact) mass is 320 g/mol. The number of halogens is 2. The van der Waals surface area contributed by atoms with Crippen molar-refractivity contribution in [1.82, 2.24) is 0 Å². The Morgan fingerprint density at radius 1 is 1.57 bits per heavy atom. The lowest BCUT2D eigenvalue weighted by atomic mass is 10.1. The summed E-state index contributed by atoms with van der Waals surface area (Å²) in [6.45, 7) is 1.77. The number of hydrogen-bond acceptors (Lipinski definition) is 2. The van der Waals surface area contributed by atoms with Crippen molar-refractivity contribution in [3.8, 4) is 0 Å². The SMILES string of the molecule is CC(Br)C(=O)c1ccc(CO)cc1Br. The van der Waals surface area contributed by atoms with Gasteiger partial charge < -0.3 is 5.11 Å². The molecule has 0 saturated carbocycles. The molecule has 4 heteroatoms. The van der Waals surface area contributed by atoms with E-state index in [1.54, 1.807) is 25.1 Å². The molecule has 0 aliphatic carbocycles. The molecule has 1 aromatic rings. The maximum absolute atomic E-state index is 11.6. The van der Waals surface area contributed by atoms with Crippen LogP contribution in [0.3, 0.4) is 0 Å². The summed E-state index contributed by atoms with van der Waals surface area (Å²) in [6, 6.07) is 5.21. The third-order valence-electron chi connectivity index (χ3n) is 1.84. The number of benzene rings is 1. The summed E-state index contributed by atoms with van der Waals surface area (Å²) in [7, 11) is 0. The average Bonchev–Trinajstić information content (AvgIpc) is 2.16. The predicted molar refractivity (Wildman–Crippen MR) is 62.8 cm³/mol. The quantitative estimate of drug-likeness (QED) is 0.686. The number of ketones is 1. The number of carbonyl (C=O) groups is 1. The smallest absolute Gasteiger partial charge is 0.177 e. The lowest BCUT2D eigenvalue weighted by Crippen LogP contribution is -2.10. The van der Waals surface area contributed by atoms with Crippen LogP contribution in [0.4, 0.5) is 0 Å². The fourth-order valence-electron chi connectivity index (χ4n) is 1.07. The standard InChI is InChI=1S/C10H10Br2O2/c1-6(11)10(14)8-3-2-7(5-13)4-9(8)12/h2-4,6,13H,5H2,1H3. The van der Waals surface area contributed by atoms with Crippen LogP contribution in [0.25, 0.3) is 0 Å². The van der Waals surface area contributed by atoms with Crippen LogP contribution in [0.15, 0.2) is 22.7 Å². The Kier molecular flexibility index (Phi) is 4.29. The summed E-state index contributed by atoms with van der Waals surface area (Å²) in [5.74, 6) is 0.0290. The topological polar surface area (TPSA) is 37.3 Å². The molecule has 2 nitrogen and oxygen atoms in total. The first kappa shape index (κ1) is 11.9. The predicted octanol–water partition coefficient (Wildman–Crippen LogP) is 2.91. The van der Waals surface area contributed by atoms with Gasteiger partial charge in [-0.15, -0.1) is 0 Å². The van der Waals surface area contributed by atoms with Crippen LogP contribution in [0.2, 0.25) is 0 Å². The van der Waals surface area contributed by atoms with Crippen LogP contribution in [0.5, 0.6) is 0 Å². The molecule has 1 N–H and O–H groups in total. The Bertz CT molecular complexity index is 348. The Labute approximate surface area is 99.6 Å². The van der Waals surface area contributed by atoms with Gasteiger partial charge in [-0.3, -0.25) is 4.79 Å². The molecule has 1 unspecified atom stereocenters. The van der Waals surface area contributed by atoms with E-state index in [1.165, 1.54) is 0 Å². The van der Waals surface area contributed by atoms with Crippen molar-refractivity contribution in [3.63, 3.8) is 0 Å². The molecular weight excluding hydrogens is 312 g/mol. The lowest BCUT2D eigenvalue weighted by Gasteiger charge is -2.06. The normalized spacial score (nSPS) is 12.6. The minimum absolute atomic E-state index is 0.0169. The third-order valence-corrected chi connectivity index (χ3v) is 2.91. The van der Waals surface area contributed by atoms with Crippen LogP contribution in [0, 0.1) is 0 Å². The van der Waals surface area contributed by atoms with Gasteiger partial charge in [-0.2, -0.15) is 0 Å². The van der Waals surface area contributed by atoms with Crippen molar-refractivity contribution in [2.24, 2.45) is 0 Å². The Morgan fingerprint density at radius 2 is 2.21 bits per heavy atom. The van der Waals surface area contributed by atoms with E-state index in [-0.39, 0.29) is 17.2 Å². The van der Waals surface area contributed by atoms with Crippen LogP contribution in [-0.4, -0.2) is 15.7 Å². The minimum Gasteiger partial charge on any atom is -0.392 e. The summed E-state index contributed by atoms with van der Waals surface area (Å²) < 4.78 is 0.723. The molecule has 1 aromatic carbocycles. The van der Waals surface area contributed by atoms with Crippen LogP contribution in [0.1, 0.15) is 22.8 Å². The van der Waals surface area contributed by atoms with E-state index in [9.17, 15) is 4.79 Å². The van der Waals surface area contributed by atoms with Crippen molar-refractivity contribution in [3.05, 3.63) is 33.8 Å². The number of Topliss-reactive ketones (excluding diaryl/α,β-unsaturated/α-hetero) is 1. The molecule has 0 aliphatic rings. The van der Waals surface area contributed by atoms with Crippen LogP contribution in [-0.2, 0) is 6.61 Å². The number of rotatable bonds is 3. The van der Waals surface area contributed by atoms with E-state index in [2.05, 4.69) is 31.9 Å². The van der Waals surface area contributed by atoms with Gasteiger partial charge in [0.15, 0.2) is 5.78 Å². The number of hydrogen-bond donors (Lipinski definition) is 1. The minimum atomic E-state index is -0.196. The van der Waals surface area contributed by atoms with Gasteiger partial charge in [0.05, 0.1) is 11.4 Å². The zero-order valence-corrected chi connectivity index (χ0v) is 10.8. The van der Waals surface area contributed by atoms with Crippen molar-refractivity contribution in [1.29, 1.82) is 0 Å². The molecule has 76 valence electrons. The second kappa shape index (κ2) is 5.05. The first-order chi connectivity index (χ1) is 6.56. The molecule has 0 heterocycles. The van der Waals surface area contributed by atoms with Gasteiger partial charge in [0.1, 0.15) is 0 Å². The highest BCUT2D eigenvalue weighted by molar-refractivity contribution is 9.10. The lowest BCUT2D eigenvalue weighted by molar-refractivity contribution is 0.0995. The van der Waals surface area contributed by atoms with Crippen molar-refractivity contribution < 1.29 is 9.90 Å². The van der Waals surface area contributed by atoms with Crippen LogP contribution < -0.4 is 0 Å². The fourth-order valence-corrected chi connectivity index (χ4v) is 1.94. The maximum Gasteiger partial charge on any atom is 0.177 e. The average molecular weight is 322 g/mol. The maximum atomic E-state index is 11.6. The summed E-state index contributed by atoms with van der Waals surface area (Å²) >= 11 is 6.53. The van der Waals surface area contributed by atoms with Gasteiger partial charge in [0.25, 0.3) is 0 Å². The molecule has 0 saturated heterocycles. The molecule has 0 fully saturated rings. The second-order valence-electron chi connectivity index (χ2n) is 2.95. The molecule has 0 aromatic heterocycles. The number of aliphatic hydroxyl groups excluding tert-OH is 1. The third kappa shape index (κ3) is 2.65. The van der Waals surface area contributed by atoms with E-state index in [0.717, 1.165) is 10.0 Å². The van der Waals surface area contributed by atoms with E-state index in [1.807, 2.05) is 0 Å². The van der Waals surface area contributed by atoms with Gasteiger partial charge in [0.2, 0.25) is 0 Å². The summed E-state index contributed by atoms with van der Waals surface area (Å²) in [5, 5.41) is 8.89. The zero-order chi connectivity index (χ0) is 10.7. The first-order valence-corrected chi connectivity index (χ1v) is 5.84. The van der Waals surface area contributed by atoms with Crippen LogP contribution >= 0.6 is 31.9 Å². The molecule has 1 atom stereocenters. The van der Waals surface area contributed by atoms with Crippen molar-refractivity contribution in [2.75, 3.05) is 0 Å². The zero-order valence-electron chi connectivity index (χ0n) is 7.63. The molecule has 0 aliphatic heterocycles. The largest absolute Gasteiger partial charge is 0.392 e. The Hall–Kier alpha value is -0.190. The second-order valence-corrected chi connectivity index (χ2v) is 5.18. The van der Waals surface area contributed by atoms with Gasteiger partial charge in [-0.05, 0) is 24.6 Å². The highest BCUT2D eigenvalue weighted by Crippen LogP contribution is 2.21. The van der Waals surface area contributed by atoms with E-state index in [0.29, 0.717) is 5.56 Å². The van der Waals surface area contributed by atoms with Crippen molar-refractivity contribution in [2.45, 2.75) is 18.4 Å². The summed E-state index contributed by atoms with van der Waals surface area (Å²) in [6.07, 6.45) is 0. The molecule has 0 radical (unpaired) electrons. The Morgan fingerprint density at radius 3 is 2.64 bits per heavy atom. The number of alkyl halides is 1. The first-order valence-electron chi connectivity index (χ1n) is 4.14. The molecule has 14 heavy (non-hydrogen) atoms. The highest BCUT2D eigenvalue weighted by Gasteiger charge is 2.14. The van der Waals surface area contributed by atoms with Gasteiger partial charge in [-0.1, -0.05) is 37.9 Å². The number of aliphatic hydroxyl groups is 1. The number of carbonyl (C=O) groups excluding carboxylic acids is 1. The van der Waals surface area contributed by atoms with E-state index < -0.39 is 0 Å². The van der Waals surface area contributed by atoms with Gasteiger partial charge >= 0.3 is 0 Å². The summed E-state index contributed by atoms with van der Waals surface area (Å²) in [4.78, 5) is 11.4. The molecule has 0 amide bonds. The molecule has 0 spiro atoms. The van der Waals surface area contributed by atoms with Gasteiger partial charge in [0, 0.05) is 10.0 Å². The fraction of sp³-hybridized carbons (Fsp3) is 0.300. The molecule has 0 bridgehead atoms. The highest BCUT2D eigenvalue weighted by atomic mass is 79.9. The summed E-state index contributed by atoms with van der Waals surface area (Å²) in [5.41, 5.74) is 1.42. The van der Waals surface area contributed by atoms with E-state index in [4.69, 9.17) is 5.11 Å². The van der Waals surface area contributed by atoms with E-state index >= 15 is 0 Å². The van der Waals surface area contributed by atoms with Crippen molar-refractivity contribution >= 4 is 37.6 Å².